The molecular weight excluding hydrogens is 357 g/mol. The SMILES string of the molecule is C=CC1CCC(C(F)=C(F)c2ccc3cc(CC/C=C/C)ccc3c2F)CC1. The molecular formula is C25H27F3. The fourth-order valence-electron chi connectivity index (χ4n) is 4.00. The van der Waals surface area contributed by atoms with Crippen LogP contribution < -0.4 is 0 Å². The second-order valence-corrected chi connectivity index (χ2v) is 7.60. The Morgan fingerprint density at radius 1 is 1.11 bits per heavy atom. The molecule has 0 aromatic heterocycles. The number of hydrogen-bond donors (Lipinski definition) is 0. The standard InChI is InChI=1S/C25H27F3/c1-3-5-6-7-18-10-14-21-20(16-18)13-15-22(24(21)27)25(28)23(26)19-11-8-17(4-2)9-12-19/h3-5,10,13-17,19H,2,6-9,11-12H2,1H3/b5-3+,25-23?. The molecule has 148 valence electrons. The molecule has 0 radical (unpaired) electrons. The summed E-state index contributed by atoms with van der Waals surface area (Å²) in [5, 5.41) is 1.03. The molecule has 0 aliphatic heterocycles. The van der Waals surface area contributed by atoms with Gasteiger partial charge >= 0.3 is 0 Å². The molecule has 1 saturated carbocycles. The number of halogens is 3. The van der Waals surface area contributed by atoms with E-state index in [0.29, 0.717) is 29.5 Å². The Hall–Kier alpha value is -2.29. The molecule has 2 aromatic rings. The lowest BCUT2D eigenvalue weighted by molar-refractivity contribution is 0.305. The molecule has 0 saturated heterocycles. The minimum absolute atomic E-state index is 0.280. The number of fused-ring (bicyclic) bond motifs is 1. The Balaban J connectivity index is 1.87. The van der Waals surface area contributed by atoms with Gasteiger partial charge in [-0.2, -0.15) is 0 Å². The molecule has 3 rings (SSSR count). The van der Waals surface area contributed by atoms with Crippen LogP contribution in [-0.2, 0) is 6.42 Å². The van der Waals surface area contributed by atoms with Crippen molar-refractivity contribution in [3.63, 3.8) is 0 Å². The maximum absolute atomic E-state index is 14.9. The molecule has 0 heterocycles. The normalized spacial score (nSPS) is 21.1. The van der Waals surface area contributed by atoms with Gasteiger partial charge in [0.15, 0.2) is 5.83 Å². The first-order valence-electron chi connectivity index (χ1n) is 10.1. The first kappa shape index (κ1) is 20.4. The van der Waals surface area contributed by atoms with Crippen LogP contribution in [0.3, 0.4) is 0 Å². The molecule has 0 amide bonds. The van der Waals surface area contributed by atoms with E-state index in [1.807, 2.05) is 31.2 Å². The molecule has 0 N–H and O–H groups in total. The summed E-state index contributed by atoms with van der Waals surface area (Å²) in [6.45, 7) is 5.75. The number of rotatable bonds is 6. The zero-order chi connectivity index (χ0) is 20.1. The summed E-state index contributed by atoms with van der Waals surface area (Å²) in [5.41, 5.74) is 0.816. The minimum atomic E-state index is -1.06. The van der Waals surface area contributed by atoms with Crippen LogP contribution in [0, 0.1) is 17.7 Å². The zero-order valence-electron chi connectivity index (χ0n) is 16.4. The van der Waals surface area contributed by atoms with Crippen molar-refractivity contribution in [1.29, 1.82) is 0 Å². The third-order valence-corrected chi connectivity index (χ3v) is 5.76. The van der Waals surface area contributed by atoms with Crippen LogP contribution in [0.2, 0.25) is 0 Å². The Bertz CT molecular complexity index is 899. The molecule has 0 atom stereocenters. The van der Waals surface area contributed by atoms with Gasteiger partial charge in [-0.3, -0.25) is 0 Å². The van der Waals surface area contributed by atoms with E-state index < -0.39 is 23.4 Å². The lowest BCUT2D eigenvalue weighted by atomic mass is 9.81. The molecule has 0 spiro atoms. The van der Waals surface area contributed by atoms with Gasteiger partial charge in [-0.1, -0.05) is 42.5 Å². The van der Waals surface area contributed by atoms with E-state index in [-0.39, 0.29) is 5.56 Å². The van der Waals surface area contributed by atoms with E-state index in [4.69, 9.17) is 0 Å². The number of hydrogen-bond acceptors (Lipinski definition) is 0. The maximum atomic E-state index is 14.9. The van der Waals surface area contributed by atoms with E-state index >= 15 is 0 Å². The average molecular weight is 384 g/mol. The molecule has 1 aliphatic rings. The second-order valence-electron chi connectivity index (χ2n) is 7.60. The van der Waals surface area contributed by atoms with Crippen molar-refractivity contribution in [2.45, 2.75) is 45.4 Å². The van der Waals surface area contributed by atoms with E-state index in [9.17, 15) is 13.2 Å². The summed E-state index contributed by atoms with van der Waals surface area (Å²) in [6.07, 6.45) is 10.5. The number of aryl methyl sites for hydroxylation is 1. The molecule has 1 fully saturated rings. The highest BCUT2D eigenvalue weighted by Crippen LogP contribution is 2.39. The van der Waals surface area contributed by atoms with E-state index in [1.165, 1.54) is 6.07 Å². The molecule has 3 heteroatoms. The number of benzene rings is 2. The van der Waals surface area contributed by atoms with Gasteiger partial charge in [-0.05, 0) is 68.4 Å². The molecule has 0 nitrogen and oxygen atoms in total. The highest BCUT2D eigenvalue weighted by Gasteiger charge is 2.27. The van der Waals surface area contributed by atoms with Crippen molar-refractivity contribution >= 4 is 16.6 Å². The van der Waals surface area contributed by atoms with Gasteiger partial charge in [-0.25, -0.2) is 13.2 Å². The van der Waals surface area contributed by atoms with Crippen molar-refractivity contribution in [3.05, 3.63) is 77.9 Å². The predicted molar refractivity (Wildman–Crippen MR) is 112 cm³/mol. The maximum Gasteiger partial charge on any atom is 0.165 e. The Labute approximate surface area is 165 Å². The lowest BCUT2D eigenvalue weighted by Gasteiger charge is -2.25. The zero-order valence-corrected chi connectivity index (χ0v) is 16.4. The van der Waals surface area contributed by atoms with Crippen molar-refractivity contribution in [1.82, 2.24) is 0 Å². The lowest BCUT2D eigenvalue weighted by Crippen LogP contribution is -2.14. The first-order valence-corrected chi connectivity index (χ1v) is 10.1. The summed E-state index contributed by atoms with van der Waals surface area (Å²) < 4.78 is 44.5. The molecule has 28 heavy (non-hydrogen) atoms. The summed E-state index contributed by atoms with van der Waals surface area (Å²) in [4.78, 5) is 0. The molecule has 0 bridgehead atoms. The summed E-state index contributed by atoms with van der Waals surface area (Å²) >= 11 is 0. The summed E-state index contributed by atoms with van der Waals surface area (Å²) in [5.74, 6) is -2.67. The van der Waals surface area contributed by atoms with Crippen LogP contribution >= 0.6 is 0 Å². The summed E-state index contributed by atoms with van der Waals surface area (Å²) in [7, 11) is 0. The van der Waals surface area contributed by atoms with Crippen LogP contribution in [0.15, 0.2) is 61.0 Å². The second kappa shape index (κ2) is 9.27. The topological polar surface area (TPSA) is 0 Å². The summed E-state index contributed by atoms with van der Waals surface area (Å²) in [6, 6.07) is 8.47. The van der Waals surface area contributed by atoms with Crippen molar-refractivity contribution in [2.24, 2.45) is 11.8 Å². The van der Waals surface area contributed by atoms with Gasteiger partial charge in [0, 0.05) is 16.9 Å². The van der Waals surface area contributed by atoms with E-state index in [2.05, 4.69) is 12.7 Å². The van der Waals surface area contributed by atoms with Crippen LogP contribution in [0.1, 0.15) is 50.2 Å². The van der Waals surface area contributed by atoms with Gasteiger partial charge in [0.1, 0.15) is 11.6 Å². The van der Waals surface area contributed by atoms with Gasteiger partial charge in [0.2, 0.25) is 0 Å². The Morgan fingerprint density at radius 3 is 2.54 bits per heavy atom. The van der Waals surface area contributed by atoms with Crippen LogP contribution in [-0.4, -0.2) is 0 Å². The van der Waals surface area contributed by atoms with Crippen LogP contribution in [0.25, 0.3) is 16.6 Å². The van der Waals surface area contributed by atoms with E-state index in [0.717, 1.165) is 31.2 Å². The highest BCUT2D eigenvalue weighted by atomic mass is 19.2. The van der Waals surface area contributed by atoms with Crippen molar-refractivity contribution < 1.29 is 13.2 Å². The minimum Gasteiger partial charge on any atom is -0.208 e. The molecule has 1 aliphatic carbocycles. The molecule has 0 unspecified atom stereocenters. The quantitative estimate of drug-likeness (QED) is 0.442. The third-order valence-electron chi connectivity index (χ3n) is 5.76. The molecule has 2 aromatic carbocycles. The average Bonchev–Trinajstić information content (AvgIpc) is 2.73. The van der Waals surface area contributed by atoms with Crippen molar-refractivity contribution in [3.8, 4) is 0 Å². The van der Waals surface area contributed by atoms with Gasteiger partial charge < -0.3 is 0 Å². The number of allylic oxidation sites excluding steroid dienone is 4. The predicted octanol–water partition coefficient (Wildman–Crippen LogP) is 8.09. The highest BCUT2D eigenvalue weighted by molar-refractivity contribution is 5.87. The van der Waals surface area contributed by atoms with Gasteiger partial charge in [-0.15, -0.1) is 6.58 Å². The fraction of sp³-hybridized carbons (Fsp3) is 0.360. The Kier molecular flexibility index (Phi) is 6.77. The Morgan fingerprint density at radius 2 is 1.86 bits per heavy atom. The fourth-order valence-corrected chi connectivity index (χ4v) is 4.00. The first-order chi connectivity index (χ1) is 13.5. The van der Waals surface area contributed by atoms with Gasteiger partial charge in [0.05, 0.1) is 0 Å². The van der Waals surface area contributed by atoms with Crippen LogP contribution in [0.4, 0.5) is 13.2 Å². The largest absolute Gasteiger partial charge is 0.208 e. The van der Waals surface area contributed by atoms with Gasteiger partial charge in [0.25, 0.3) is 0 Å². The van der Waals surface area contributed by atoms with Crippen LogP contribution in [0.5, 0.6) is 0 Å². The third kappa shape index (κ3) is 4.40. The van der Waals surface area contributed by atoms with Crippen molar-refractivity contribution in [2.75, 3.05) is 0 Å². The van der Waals surface area contributed by atoms with E-state index in [1.54, 1.807) is 12.1 Å². The monoisotopic (exact) mass is 384 g/mol. The smallest absolute Gasteiger partial charge is 0.165 e.